The van der Waals surface area contributed by atoms with E-state index >= 15 is 0 Å². The van der Waals surface area contributed by atoms with Crippen LogP contribution >= 0.6 is 0 Å². The Balaban J connectivity index is 1.62. The van der Waals surface area contributed by atoms with Crippen molar-refractivity contribution in [3.05, 3.63) is 29.8 Å². The van der Waals surface area contributed by atoms with Crippen LogP contribution in [0.1, 0.15) is 91.0 Å². The van der Waals surface area contributed by atoms with Crippen LogP contribution in [0.4, 0.5) is 4.79 Å². The van der Waals surface area contributed by atoms with E-state index in [0.717, 1.165) is 57.2 Å². The molecule has 3 rings (SSSR count). The van der Waals surface area contributed by atoms with Gasteiger partial charge in [-0.25, -0.2) is 4.79 Å². The minimum atomic E-state index is -0.486. The van der Waals surface area contributed by atoms with Gasteiger partial charge in [-0.2, -0.15) is 0 Å². The number of piperidine rings is 1. The van der Waals surface area contributed by atoms with E-state index in [1.54, 1.807) is 0 Å². The Morgan fingerprint density at radius 2 is 1.82 bits per heavy atom. The molecule has 1 aromatic rings. The van der Waals surface area contributed by atoms with E-state index in [1.807, 2.05) is 43.7 Å². The molecule has 0 saturated carbocycles. The summed E-state index contributed by atoms with van der Waals surface area (Å²) in [5, 5.41) is 0. The highest BCUT2D eigenvalue weighted by Gasteiger charge is 2.44. The smallest absolute Gasteiger partial charge is 0.410 e. The number of benzene rings is 1. The fourth-order valence-electron chi connectivity index (χ4n) is 5.37. The molecule has 1 spiro atoms. The molecule has 1 atom stereocenters. The summed E-state index contributed by atoms with van der Waals surface area (Å²) in [7, 11) is 1.94. The summed E-state index contributed by atoms with van der Waals surface area (Å²) in [5.41, 5.74) is 0.548. The first kappa shape index (κ1) is 26.4. The molecule has 6 nitrogen and oxygen atoms in total. The molecule has 1 saturated heterocycles. The van der Waals surface area contributed by atoms with Crippen molar-refractivity contribution in [3.8, 4) is 5.75 Å². The molecule has 0 aliphatic carbocycles. The molecule has 2 aliphatic rings. The average Bonchev–Trinajstić information content (AvgIpc) is 2.79. The third-order valence-electron chi connectivity index (χ3n) is 7.39. The summed E-state index contributed by atoms with van der Waals surface area (Å²) in [6, 6.07) is 8.38. The zero-order valence-corrected chi connectivity index (χ0v) is 22.1. The highest BCUT2D eigenvalue weighted by atomic mass is 16.6. The van der Waals surface area contributed by atoms with Crippen molar-refractivity contribution in [2.45, 2.75) is 96.7 Å². The van der Waals surface area contributed by atoms with E-state index in [2.05, 4.69) is 32.0 Å². The first-order chi connectivity index (χ1) is 16.1. The van der Waals surface area contributed by atoms with E-state index in [9.17, 15) is 9.59 Å². The second-order valence-electron chi connectivity index (χ2n) is 11.1. The number of fused-ring (bicyclic) bond motifs is 1. The van der Waals surface area contributed by atoms with Crippen LogP contribution in [-0.2, 0) is 9.53 Å². The van der Waals surface area contributed by atoms with Crippen molar-refractivity contribution in [2.75, 3.05) is 26.7 Å². The Bertz CT molecular complexity index is 835. The highest BCUT2D eigenvalue weighted by Crippen LogP contribution is 2.47. The molecule has 1 aromatic carbocycles. The number of nitrogens with zero attached hydrogens (tertiary/aromatic N) is 2. The van der Waals surface area contributed by atoms with Crippen LogP contribution in [0, 0.1) is 5.92 Å². The third-order valence-corrected chi connectivity index (χ3v) is 7.39. The number of carbonyl (C=O) groups is 2. The monoisotopic (exact) mass is 472 g/mol. The van der Waals surface area contributed by atoms with Crippen molar-refractivity contribution in [1.29, 1.82) is 0 Å². The lowest BCUT2D eigenvalue weighted by molar-refractivity contribution is -0.134. The van der Waals surface area contributed by atoms with Crippen molar-refractivity contribution in [2.24, 2.45) is 5.92 Å². The lowest BCUT2D eigenvalue weighted by atomic mass is 9.76. The quantitative estimate of drug-likeness (QED) is 0.488. The summed E-state index contributed by atoms with van der Waals surface area (Å²) in [4.78, 5) is 28.9. The van der Waals surface area contributed by atoms with Crippen molar-refractivity contribution in [1.82, 2.24) is 9.80 Å². The molecular weight excluding hydrogens is 428 g/mol. The molecule has 6 heteroatoms. The predicted molar refractivity (Wildman–Crippen MR) is 135 cm³/mol. The third kappa shape index (κ3) is 6.45. The minimum Gasteiger partial charge on any atom is -0.487 e. The van der Waals surface area contributed by atoms with Gasteiger partial charge in [0, 0.05) is 45.4 Å². The van der Waals surface area contributed by atoms with E-state index in [0.29, 0.717) is 19.0 Å². The summed E-state index contributed by atoms with van der Waals surface area (Å²) >= 11 is 0. The maximum absolute atomic E-state index is 12.7. The minimum absolute atomic E-state index is 0.132. The van der Waals surface area contributed by atoms with Gasteiger partial charge in [-0.05, 0) is 70.4 Å². The molecule has 190 valence electrons. The fraction of sp³-hybridized carbons (Fsp3) is 0.714. The molecule has 0 aromatic heterocycles. The Morgan fingerprint density at radius 3 is 2.44 bits per heavy atom. The van der Waals surface area contributed by atoms with E-state index in [1.165, 1.54) is 5.56 Å². The number of rotatable bonds is 7. The van der Waals surface area contributed by atoms with Crippen molar-refractivity contribution < 1.29 is 19.1 Å². The summed E-state index contributed by atoms with van der Waals surface area (Å²) in [5.74, 6) is 1.77. The molecule has 1 fully saturated rings. The molecule has 2 amide bonds. The Labute approximate surface area is 206 Å². The molecule has 34 heavy (non-hydrogen) atoms. The Hall–Kier alpha value is -2.24. The zero-order chi connectivity index (χ0) is 24.9. The largest absolute Gasteiger partial charge is 0.487 e. The van der Waals surface area contributed by atoms with Gasteiger partial charge < -0.3 is 19.3 Å². The predicted octanol–water partition coefficient (Wildman–Crippen LogP) is 6.00. The summed E-state index contributed by atoms with van der Waals surface area (Å²) in [6.07, 6.45) is 6.14. The van der Waals surface area contributed by atoms with Crippen molar-refractivity contribution >= 4 is 12.0 Å². The van der Waals surface area contributed by atoms with Gasteiger partial charge in [0.15, 0.2) is 0 Å². The number of amides is 2. The van der Waals surface area contributed by atoms with Gasteiger partial charge in [-0.15, -0.1) is 0 Å². The number of carbonyl (C=O) groups excluding carboxylic acids is 2. The van der Waals surface area contributed by atoms with Gasteiger partial charge in [-0.1, -0.05) is 32.0 Å². The molecular formula is C28H44N2O4. The Morgan fingerprint density at radius 1 is 1.18 bits per heavy atom. The fourth-order valence-corrected chi connectivity index (χ4v) is 5.37. The van der Waals surface area contributed by atoms with Gasteiger partial charge in [0.05, 0.1) is 0 Å². The van der Waals surface area contributed by atoms with Crippen LogP contribution < -0.4 is 4.74 Å². The van der Waals surface area contributed by atoms with Crippen molar-refractivity contribution in [3.63, 3.8) is 0 Å². The molecule has 0 radical (unpaired) electrons. The number of hydrogen-bond donors (Lipinski definition) is 0. The average molecular weight is 473 g/mol. The van der Waals surface area contributed by atoms with E-state index in [4.69, 9.17) is 9.47 Å². The molecule has 1 unspecified atom stereocenters. The summed E-state index contributed by atoms with van der Waals surface area (Å²) in [6.45, 7) is 12.0. The van der Waals surface area contributed by atoms with Gasteiger partial charge in [0.1, 0.15) is 17.0 Å². The first-order valence-electron chi connectivity index (χ1n) is 13.1. The van der Waals surface area contributed by atoms with Crippen LogP contribution in [-0.4, -0.2) is 59.7 Å². The standard InChI is InChI=1S/C28H44N2O4/c1-7-21(8-2)25(31)29(6)17-11-12-22-20-28(33-24-14-10-9-13-23(22)24)15-18-30(19-16-28)26(32)34-27(3,4)5/h9-10,13-14,21-22H,7-8,11-12,15-20H2,1-6H3. The molecule has 2 aliphatic heterocycles. The highest BCUT2D eigenvalue weighted by molar-refractivity contribution is 5.78. The molecule has 0 bridgehead atoms. The van der Waals surface area contributed by atoms with Crippen LogP contribution in [0.2, 0.25) is 0 Å². The van der Waals surface area contributed by atoms with Gasteiger partial charge in [-0.3, -0.25) is 4.79 Å². The first-order valence-corrected chi connectivity index (χ1v) is 13.1. The van der Waals surface area contributed by atoms with Gasteiger partial charge in [0.25, 0.3) is 0 Å². The second kappa shape index (κ2) is 11.0. The lowest BCUT2D eigenvalue weighted by Crippen LogP contribution is -2.52. The topological polar surface area (TPSA) is 59.1 Å². The Kier molecular flexibility index (Phi) is 8.53. The lowest BCUT2D eigenvalue weighted by Gasteiger charge is -2.47. The maximum Gasteiger partial charge on any atom is 0.410 e. The maximum atomic E-state index is 12.7. The number of likely N-dealkylation sites (tertiary alicyclic amines) is 1. The molecule has 2 heterocycles. The molecule has 0 N–H and O–H groups in total. The normalized spacial score (nSPS) is 19.5. The van der Waals surface area contributed by atoms with Gasteiger partial charge >= 0.3 is 6.09 Å². The SMILES string of the molecule is CCC(CC)C(=O)N(C)CCCC1CC2(CCN(C(=O)OC(C)(C)C)CC2)Oc2ccccc21. The van der Waals surface area contributed by atoms with Gasteiger partial charge in [0.2, 0.25) is 5.91 Å². The number of hydrogen-bond acceptors (Lipinski definition) is 4. The van der Waals surface area contributed by atoms with Crippen LogP contribution in [0.25, 0.3) is 0 Å². The van der Waals surface area contributed by atoms with Crippen LogP contribution in [0.5, 0.6) is 5.75 Å². The number of ether oxygens (including phenoxy) is 2. The van der Waals surface area contributed by atoms with E-state index in [-0.39, 0.29) is 23.5 Å². The zero-order valence-electron chi connectivity index (χ0n) is 22.1. The van der Waals surface area contributed by atoms with Crippen LogP contribution in [0.15, 0.2) is 24.3 Å². The number of para-hydroxylation sites is 1. The summed E-state index contributed by atoms with van der Waals surface area (Å²) < 4.78 is 12.2. The van der Waals surface area contributed by atoms with Crippen LogP contribution in [0.3, 0.4) is 0 Å². The van der Waals surface area contributed by atoms with E-state index < -0.39 is 5.60 Å². The second-order valence-corrected chi connectivity index (χ2v) is 11.1.